The number of phenols is 2. The monoisotopic (exact) mass is 278 g/mol. The van der Waals surface area contributed by atoms with Gasteiger partial charge in [-0.2, -0.15) is 0 Å². The van der Waals surface area contributed by atoms with E-state index in [2.05, 4.69) is 11.9 Å². The average molecular weight is 278 g/mol. The van der Waals surface area contributed by atoms with E-state index in [4.69, 9.17) is 0 Å². The highest BCUT2D eigenvalue weighted by Crippen LogP contribution is 2.28. The van der Waals surface area contributed by atoms with Crippen LogP contribution in [0.4, 0.5) is 0 Å². The lowest BCUT2D eigenvalue weighted by Crippen LogP contribution is -2.27. The normalized spacial score (nSPS) is 11.5. The van der Waals surface area contributed by atoms with Crippen molar-refractivity contribution in [3.05, 3.63) is 23.3 Å². The molecule has 0 aliphatic carbocycles. The van der Waals surface area contributed by atoms with Crippen LogP contribution in [0.1, 0.15) is 42.6 Å². The first kappa shape index (κ1) is 16.0. The van der Waals surface area contributed by atoms with Gasteiger partial charge in [-0.1, -0.05) is 13.3 Å². The molecule has 2 N–H and O–H groups in total. The van der Waals surface area contributed by atoms with E-state index in [9.17, 15) is 15.0 Å². The van der Waals surface area contributed by atoms with Gasteiger partial charge in [-0.15, -0.1) is 0 Å². The molecule has 0 spiro atoms. The second-order valence-corrected chi connectivity index (χ2v) is 4.78. The molecular weight excluding hydrogens is 256 g/mol. The highest BCUT2D eigenvalue weighted by atomic mass is 16.3. The third kappa shape index (κ3) is 3.50. The zero-order valence-electron chi connectivity index (χ0n) is 12.5. The molecule has 0 unspecified atom stereocenters. The molecule has 0 aliphatic heterocycles. The molecular formula is C15H22N2O3. The van der Waals surface area contributed by atoms with E-state index in [1.54, 1.807) is 25.9 Å². The van der Waals surface area contributed by atoms with Gasteiger partial charge in [0.2, 0.25) is 0 Å². The van der Waals surface area contributed by atoms with Crippen LogP contribution in [0.25, 0.3) is 0 Å². The van der Waals surface area contributed by atoms with Crippen molar-refractivity contribution >= 4 is 11.6 Å². The van der Waals surface area contributed by atoms with Gasteiger partial charge in [0.1, 0.15) is 11.5 Å². The summed E-state index contributed by atoms with van der Waals surface area (Å²) in [6, 6.07) is 2.67. The predicted molar refractivity (Wildman–Crippen MR) is 79.8 cm³/mol. The van der Waals surface area contributed by atoms with Gasteiger partial charge in [0, 0.05) is 38.0 Å². The van der Waals surface area contributed by atoms with Gasteiger partial charge < -0.3 is 15.1 Å². The number of unbranched alkanes of at least 4 members (excludes halogenated alkanes) is 1. The molecule has 0 aromatic heterocycles. The minimum atomic E-state index is -0.263. The van der Waals surface area contributed by atoms with Crippen LogP contribution >= 0.6 is 0 Å². The highest BCUT2D eigenvalue weighted by molar-refractivity contribution is 6.05. The molecule has 1 aromatic carbocycles. The molecule has 1 amide bonds. The number of carbonyl (C=O) groups excluding carboxylic acids is 1. The number of carbonyl (C=O) groups is 1. The van der Waals surface area contributed by atoms with E-state index in [0.29, 0.717) is 17.8 Å². The summed E-state index contributed by atoms with van der Waals surface area (Å²) in [5.41, 5.74) is 1.24. The van der Waals surface area contributed by atoms with E-state index in [1.807, 2.05) is 0 Å². The van der Waals surface area contributed by atoms with Crippen molar-refractivity contribution in [3.63, 3.8) is 0 Å². The molecule has 0 fully saturated rings. The van der Waals surface area contributed by atoms with Crippen LogP contribution in [0.15, 0.2) is 17.1 Å². The summed E-state index contributed by atoms with van der Waals surface area (Å²) in [5.74, 6) is -0.567. The van der Waals surface area contributed by atoms with Crippen LogP contribution < -0.4 is 0 Å². The van der Waals surface area contributed by atoms with Crippen LogP contribution in [0.5, 0.6) is 11.5 Å². The second-order valence-electron chi connectivity index (χ2n) is 4.78. The minimum Gasteiger partial charge on any atom is -0.507 e. The SMILES string of the molecule is CCCCN(C)C(=O)c1cc(/C(C)=N/C)c(O)cc1O. The van der Waals surface area contributed by atoms with Gasteiger partial charge in [-0.3, -0.25) is 9.79 Å². The maximum Gasteiger partial charge on any atom is 0.257 e. The average Bonchev–Trinajstić information content (AvgIpc) is 2.43. The fraction of sp³-hybridized carbons (Fsp3) is 0.467. The summed E-state index contributed by atoms with van der Waals surface area (Å²) in [6.45, 7) is 4.42. The Kier molecular flexibility index (Phi) is 5.55. The number of benzene rings is 1. The topological polar surface area (TPSA) is 73.1 Å². The number of amides is 1. The standard InChI is InChI=1S/C15H22N2O3/c1-5-6-7-17(4)15(20)12-8-11(10(2)16-3)13(18)9-14(12)19/h8-9,18-19H,5-7H2,1-4H3/b16-10+. The summed E-state index contributed by atoms with van der Waals surface area (Å²) < 4.78 is 0. The van der Waals surface area contributed by atoms with Gasteiger partial charge in [0.25, 0.3) is 5.91 Å². The second kappa shape index (κ2) is 6.93. The van der Waals surface area contributed by atoms with E-state index in [0.717, 1.165) is 12.8 Å². The third-order valence-corrected chi connectivity index (χ3v) is 3.26. The molecule has 20 heavy (non-hydrogen) atoms. The summed E-state index contributed by atoms with van der Waals surface area (Å²) >= 11 is 0. The van der Waals surface area contributed by atoms with Crippen molar-refractivity contribution in [2.75, 3.05) is 20.6 Å². The zero-order chi connectivity index (χ0) is 15.3. The Morgan fingerprint density at radius 2 is 1.85 bits per heavy atom. The number of hydrogen-bond acceptors (Lipinski definition) is 4. The van der Waals surface area contributed by atoms with E-state index in [1.165, 1.54) is 12.1 Å². The van der Waals surface area contributed by atoms with E-state index in [-0.39, 0.29) is 23.0 Å². The van der Waals surface area contributed by atoms with Crippen LogP contribution in [-0.4, -0.2) is 47.4 Å². The van der Waals surface area contributed by atoms with Crippen LogP contribution in [-0.2, 0) is 0 Å². The minimum absolute atomic E-state index is 0.0849. The van der Waals surface area contributed by atoms with Crippen molar-refractivity contribution < 1.29 is 15.0 Å². The van der Waals surface area contributed by atoms with Crippen LogP contribution in [0, 0.1) is 0 Å². The smallest absolute Gasteiger partial charge is 0.257 e. The summed E-state index contributed by atoms with van der Waals surface area (Å²) in [7, 11) is 3.31. The molecule has 0 heterocycles. The molecule has 0 saturated carbocycles. The van der Waals surface area contributed by atoms with Gasteiger partial charge in [-0.05, 0) is 19.4 Å². The summed E-state index contributed by atoms with van der Waals surface area (Å²) in [4.78, 5) is 17.9. The molecule has 0 atom stereocenters. The fourth-order valence-corrected chi connectivity index (χ4v) is 1.86. The highest BCUT2D eigenvalue weighted by Gasteiger charge is 2.19. The number of aromatic hydroxyl groups is 2. The van der Waals surface area contributed by atoms with Crippen LogP contribution in [0.3, 0.4) is 0 Å². The first-order valence-corrected chi connectivity index (χ1v) is 6.67. The van der Waals surface area contributed by atoms with Crippen LogP contribution in [0.2, 0.25) is 0 Å². The molecule has 1 aromatic rings. The maximum atomic E-state index is 12.3. The molecule has 0 saturated heterocycles. The predicted octanol–water partition coefficient (Wildman–Crippen LogP) is 2.41. The van der Waals surface area contributed by atoms with Crippen molar-refractivity contribution in [1.29, 1.82) is 0 Å². The Hall–Kier alpha value is -2.04. The van der Waals surface area contributed by atoms with Crippen molar-refractivity contribution in [3.8, 4) is 11.5 Å². The van der Waals surface area contributed by atoms with Crippen molar-refractivity contribution in [1.82, 2.24) is 4.90 Å². The third-order valence-electron chi connectivity index (χ3n) is 3.26. The molecule has 5 nitrogen and oxygen atoms in total. The first-order chi connectivity index (χ1) is 9.42. The lowest BCUT2D eigenvalue weighted by molar-refractivity contribution is 0.0790. The first-order valence-electron chi connectivity index (χ1n) is 6.67. The molecule has 0 bridgehead atoms. The Morgan fingerprint density at radius 1 is 1.25 bits per heavy atom. The number of hydrogen-bond donors (Lipinski definition) is 2. The van der Waals surface area contributed by atoms with Crippen molar-refractivity contribution in [2.45, 2.75) is 26.7 Å². The Labute approximate surface area is 119 Å². The molecule has 110 valence electrons. The number of nitrogens with zero attached hydrogens (tertiary/aromatic N) is 2. The zero-order valence-corrected chi connectivity index (χ0v) is 12.5. The Bertz CT molecular complexity index is 524. The lowest BCUT2D eigenvalue weighted by atomic mass is 10.0. The van der Waals surface area contributed by atoms with Gasteiger partial charge in [0.15, 0.2) is 0 Å². The fourth-order valence-electron chi connectivity index (χ4n) is 1.86. The number of rotatable bonds is 5. The summed E-state index contributed by atoms with van der Waals surface area (Å²) in [5, 5.41) is 19.7. The molecule has 5 heteroatoms. The van der Waals surface area contributed by atoms with E-state index < -0.39 is 0 Å². The van der Waals surface area contributed by atoms with Crippen molar-refractivity contribution in [2.24, 2.45) is 4.99 Å². The largest absolute Gasteiger partial charge is 0.507 e. The number of aliphatic imine (C=N–C) groups is 1. The Balaban J connectivity index is 3.15. The van der Waals surface area contributed by atoms with Gasteiger partial charge in [-0.25, -0.2) is 0 Å². The van der Waals surface area contributed by atoms with Gasteiger partial charge in [0.05, 0.1) is 5.56 Å². The summed E-state index contributed by atoms with van der Waals surface area (Å²) in [6.07, 6.45) is 1.90. The number of phenolic OH excluding ortho intramolecular Hbond substituents is 2. The lowest BCUT2D eigenvalue weighted by Gasteiger charge is -2.18. The van der Waals surface area contributed by atoms with E-state index >= 15 is 0 Å². The quantitative estimate of drug-likeness (QED) is 0.812. The molecule has 0 aliphatic rings. The molecule has 1 rings (SSSR count). The molecule has 0 radical (unpaired) electrons. The Morgan fingerprint density at radius 3 is 2.40 bits per heavy atom. The van der Waals surface area contributed by atoms with Gasteiger partial charge >= 0.3 is 0 Å². The maximum absolute atomic E-state index is 12.3.